The number of nitro groups is 1. The highest BCUT2D eigenvalue weighted by atomic mass is 16.6. The fourth-order valence-corrected chi connectivity index (χ4v) is 1.16. The summed E-state index contributed by atoms with van der Waals surface area (Å²) in [6.07, 6.45) is 3.89. The first-order chi connectivity index (χ1) is 8.04. The Bertz CT molecular complexity index is 452. The van der Waals surface area contributed by atoms with Crippen LogP contribution in [0.1, 0.15) is 5.56 Å². The Morgan fingerprint density at radius 3 is 3.06 bits per heavy atom. The van der Waals surface area contributed by atoms with Gasteiger partial charge in [-0.25, -0.2) is 0 Å². The number of amides is 1. The highest BCUT2D eigenvalue weighted by Crippen LogP contribution is 2.16. The van der Waals surface area contributed by atoms with Crippen molar-refractivity contribution in [3.8, 4) is 0 Å². The van der Waals surface area contributed by atoms with Gasteiger partial charge >= 0.3 is 5.82 Å². The first kappa shape index (κ1) is 12.8. The smallest absolute Gasteiger partial charge is 0.395 e. The van der Waals surface area contributed by atoms with Crippen molar-refractivity contribution < 1.29 is 14.8 Å². The molecule has 0 atom stereocenters. The molecule has 0 saturated carbocycles. The number of nitrogens with one attached hydrogen (secondary N) is 1. The van der Waals surface area contributed by atoms with Gasteiger partial charge in [0.15, 0.2) is 0 Å². The predicted molar refractivity (Wildman–Crippen MR) is 59.0 cm³/mol. The Labute approximate surface area is 96.7 Å². The minimum absolute atomic E-state index is 0.137. The van der Waals surface area contributed by atoms with Crippen LogP contribution in [0.15, 0.2) is 12.3 Å². The molecule has 0 unspecified atom stereocenters. The van der Waals surface area contributed by atoms with Crippen molar-refractivity contribution in [3.63, 3.8) is 0 Å². The van der Waals surface area contributed by atoms with Gasteiger partial charge in [0.05, 0.1) is 30.5 Å². The second-order valence-electron chi connectivity index (χ2n) is 3.19. The molecule has 1 aromatic rings. The average Bonchev–Trinajstić information content (AvgIpc) is 2.65. The van der Waals surface area contributed by atoms with E-state index in [1.54, 1.807) is 7.05 Å². The summed E-state index contributed by atoms with van der Waals surface area (Å²) in [5.41, 5.74) is 0.247. The van der Waals surface area contributed by atoms with Crippen LogP contribution in [0.2, 0.25) is 0 Å². The topological polar surface area (TPSA) is 110 Å². The molecule has 0 aliphatic heterocycles. The minimum atomic E-state index is -0.620. The Hall–Kier alpha value is -2.22. The Morgan fingerprint density at radius 2 is 2.47 bits per heavy atom. The lowest BCUT2D eigenvalue weighted by Crippen LogP contribution is -2.24. The van der Waals surface area contributed by atoms with Crippen LogP contribution < -0.4 is 5.32 Å². The van der Waals surface area contributed by atoms with E-state index in [1.165, 1.54) is 17.0 Å². The van der Waals surface area contributed by atoms with Gasteiger partial charge in [-0.2, -0.15) is 4.68 Å². The molecule has 0 radical (unpaired) electrons. The van der Waals surface area contributed by atoms with E-state index in [0.29, 0.717) is 0 Å². The number of hydrogen-bond donors (Lipinski definition) is 2. The van der Waals surface area contributed by atoms with E-state index in [2.05, 4.69) is 10.4 Å². The van der Waals surface area contributed by atoms with Crippen LogP contribution in [-0.4, -0.2) is 38.9 Å². The summed E-state index contributed by atoms with van der Waals surface area (Å²) in [6, 6.07) is 0. The number of nitrogens with zero attached hydrogens (tertiary/aromatic N) is 3. The number of carbonyl (C=O) groups is 1. The van der Waals surface area contributed by atoms with Crippen molar-refractivity contribution >= 4 is 17.8 Å². The van der Waals surface area contributed by atoms with Gasteiger partial charge in [-0.3, -0.25) is 4.79 Å². The molecule has 0 aliphatic rings. The summed E-state index contributed by atoms with van der Waals surface area (Å²) >= 11 is 0. The molecule has 1 aromatic heterocycles. The lowest BCUT2D eigenvalue weighted by molar-refractivity contribution is -0.390. The van der Waals surface area contributed by atoms with Crippen molar-refractivity contribution in [1.29, 1.82) is 0 Å². The third-order valence-corrected chi connectivity index (χ3v) is 1.83. The van der Waals surface area contributed by atoms with E-state index in [0.717, 1.165) is 6.08 Å². The molecule has 0 bridgehead atoms. The SMILES string of the molecule is Cn1cc(/C=C/C(=O)NCCO)c([N+](=O)[O-])n1. The average molecular weight is 240 g/mol. The second-order valence-corrected chi connectivity index (χ2v) is 3.19. The van der Waals surface area contributed by atoms with Gasteiger partial charge in [-0.05, 0) is 11.0 Å². The number of aliphatic hydroxyl groups excluding tert-OH is 1. The molecule has 1 heterocycles. The lowest BCUT2D eigenvalue weighted by atomic mass is 10.3. The Balaban J connectivity index is 2.77. The van der Waals surface area contributed by atoms with Gasteiger partial charge in [-0.15, -0.1) is 0 Å². The maximum atomic E-state index is 11.2. The number of aliphatic hydroxyl groups is 1. The molecule has 1 rings (SSSR count). The lowest BCUT2D eigenvalue weighted by Gasteiger charge is -1.96. The van der Waals surface area contributed by atoms with Gasteiger partial charge in [0, 0.05) is 12.6 Å². The van der Waals surface area contributed by atoms with Gasteiger partial charge in [0.1, 0.15) is 0 Å². The quantitative estimate of drug-likeness (QED) is 0.407. The third kappa shape index (κ3) is 3.68. The number of rotatable bonds is 5. The van der Waals surface area contributed by atoms with Gasteiger partial charge < -0.3 is 20.5 Å². The molecule has 8 nitrogen and oxygen atoms in total. The van der Waals surface area contributed by atoms with E-state index in [1.807, 2.05) is 0 Å². The molecule has 0 saturated heterocycles. The van der Waals surface area contributed by atoms with Gasteiger partial charge in [-0.1, -0.05) is 0 Å². The van der Waals surface area contributed by atoms with E-state index in [4.69, 9.17) is 5.11 Å². The molecule has 92 valence electrons. The van der Waals surface area contributed by atoms with E-state index in [9.17, 15) is 14.9 Å². The van der Waals surface area contributed by atoms with Crippen molar-refractivity contribution in [1.82, 2.24) is 15.1 Å². The molecule has 0 fully saturated rings. The van der Waals surface area contributed by atoms with Crippen LogP contribution >= 0.6 is 0 Å². The van der Waals surface area contributed by atoms with Crippen LogP contribution in [0, 0.1) is 10.1 Å². The van der Waals surface area contributed by atoms with Crippen LogP contribution in [0.25, 0.3) is 6.08 Å². The third-order valence-electron chi connectivity index (χ3n) is 1.83. The summed E-state index contributed by atoms with van der Waals surface area (Å²) < 4.78 is 1.30. The van der Waals surface area contributed by atoms with Gasteiger partial charge in [0.2, 0.25) is 5.91 Å². The first-order valence-electron chi connectivity index (χ1n) is 4.79. The molecule has 2 N–H and O–H groups in total. The standard InChI is InChI=1S/C9H12N4O4/c1-12-6-7(9(11-12)13(16)17)2-3-8(15)10-4-5-14/h2-3,6,14H,4-5H2,1H3,(H,10,15)/b3-2+. The van der Waals surface area contributed by atoms with E-state index in [-0.39, 0.29) is 24.5 Å². The molecule has 0 aliphatic carbocycles. The molecular formula is C9H12N4O4. The highest BCUT2D eigenvalue weighted by molar-refractivity contribution is 5.92. The van der Waals surface area contributed by atoms with Crippen molar-refractivity contribution in [2.75, 3.05) is 13.2 Å². The zero-order valence-electron chi connectivity index (χ0n) is 9.16. The molecule has 1 amide bonds. The molecule has 0 aromatic carbocycles. The maximum absolute atomic E-state index is 11.2. The van der Waals surface area contributed by atoms with Crippen molar-refractivity contribution in [3.05, 3.63) is 28.0 Å². The summed E-state index contributed by atoms with van der Waals surface area (Å²) in [6.45, 7) is -0.0229. The summed E-state index contributed by atoms with van der Waals surface area (Å²) in [4.78, 5) is 21.2. The van der Waals surface area contributed by atoms with Crippen molar-refractivity contribution in [2.24, 2.45) is 7.05 Å². The van der Waals surface area contributed by atoms with Crippen LogP contribution in [-0.2, 0) is 11.8 Å². The predicted octanol–water partition coefficient (Wildman–Crippen LogP) is -0.550. The molecule has 0 spiro atoms. The zero-order valence-corrected chi connectivity index (χ0v) is 9.16. The summed E-state index contributed by atoms with van der Waals surface area (Å²) in [5.74, 6) is -0.740. The highest BCUT2D eigenvalue weighted by Gasteiger charge is 2.16. The van der Waals surface area contributed by atoms with Crippen LogP contribution in [0.4, 0.5) is 5.82 Å². The number of aromatic nitrogens is 2. The fourth-order valence-electron chi connectivity index (χ4n) is 1.16. The molecule has 17 heavy (non-hydrogen) atoms. The van der Waals surface area contributed by atoms with Crippen LogP contribution in [0.5, 0.6) is 0 Å². The second kappa shape index (κ2) is 5.75. The Morgan fingerprint density at radius 1 is 1.76 bits per heavy atom. The van der Waals surface area contributed by atoms with Crippen LogP contribution in [0.3, 0.4) is 0 Å². The van der Waals surface area contributed by atoms with E-state index < -0.39 is 10.8 Å². The first-order valence-corrected chi connectivity index (χ1v) is 4.79. The zero-order chi connectivity index (χ0) is 12.8. The number of carbonyl (C=O) groups excluding carboxylic acids is 1. The monoisotopic (exact) mass is 240 g/mol. The molecular weight excluding hydrogens is 228 g/mol. The van der Waals surface area contributed by atoms with Gasteiger partial charge in [0.25, 0.3) is 0 Å². The minimum Gasteiger partial charge on any atom is -0.395 e. The maximum Gasteiger partial charge on any atom is 0.397 e. The summed E-state index contributed by atoms with van der Waals surface area (Å²) in [7, 11) is 1.55. The number of hydrogen-bond acceptors (Lipinski definition) is 5. The number of aryl methyl sites for hydroxylation is 1. The Kier molecular flexibility index (Phi) is 4.35. The summed E-state index contributed by atoms with van der Waals surface area (Å²) in [5, 5.41) is 25.1. The van der Waals surface area contributed by atoms with Crippen molar-refractivity contribution in [2.45, 2.75) is 0 Å². The normalized spacial score (nSPS) is 10.7. The molecule has 8 heteroatoms. The fraction of sp³-hybridized carbons (Fsp3) is 0.333. The largest absolute Gasteiger partial charge is 0.397 e. The van der Waals surface area contributed by atoms with E-state index >= 15 is 0 Å².